The van der Waals surface area contributed by atoms with Crippen LogP contribution in [-0.4, -0.2) is 19.1 Å². The highest BCUT2D eigenvalue weighted by atomic mass is 19.4. The van der Waals surface area contributed by atoms with Crippen LogP contribution in [0.5, 0.6) is 5.75 Å². The third kappa shape index (κ3) is 4.35. The fraction of sp³-hybridized carbons (Fsp3) is 0.118. The van der Waals surface area contributed by atoms with Crippen molar-refractivity contribution in [3.8, 4) is 5.75 Å². The lowest BCUT2D eigenvalue weighted by Crippen LogP contribution is -2.21. The van der Waals surface area contributed by atoms with E-state index in [2.05, 4.69) is 5.32 Å². The van der Waals surface area contributed by atoms with E-state index in [-0.39, 0.29) is 17.0 Å². The first kappa shape index (κ1) is 16.6. The summed E-state index contributed by atoms with van der Waals surface area (Å²) in [6.07, 6.45) is -4.16. The van der Waals surface area contributed by atoms with E-state index in [1.54, 1.807) is 30.3 Å². The van der Waals surface area contributed by atoms with Gasteiger partial charge >= 0.3 is 6.18 Å². The van der Waals surface area contributed by atoms with E-state index >= 15 is 0 Å². The van der Waals surface area contributed by atoms with Gasteiger partial charge in [0.05, 0.1) is 12.8 Å². The summed E-state index contributed by atoms with van der Waals surface area (Å²) in [5, 5.41) is 2.23. The van der Waals surface area contributed by atoms with Crippen LogP contribution in [0.4, 0.5) is 18.9 Å². The number of hydrogen-bond donors (Lipinski definition) is 1. The van der Waals surface area contributed by atoms with Gasteiger partial charge in [-0.1, -0.05) is 42.5 Å². The van der Waals surface area contributed by atoms with Crippen LogP contribution in [0.25, 0.3) is 0 Å². The van der Waals surface area contributed by atoms with Gasteiger partial charge < -0.3 is 10.1 Å². The third-order valence-corrected chi connectivity index (χ3v) is 3.02. The predicted octanol–water partition coefficient (Wildman–Crippen LogP) is 4.44. The molecule has 0 fully saturated rings. The molecule has 0 heterocycles. The number of hydrogen-bond acceptors (Lipinski definition) is 3. The van der Waals surface area contributed by atoms with Crippen molar-refractivity contribution in [3.05, 3.63) is 71.9 Å². The molecule has 6 heteroatoms. The van der Waals surface area contributed by atoms with Crippen molar-refractivity contribution < 1.29 is 22.7 Å². The van der Waals surface area contributed by atoms with Gasteiger partial charge in [-0.05, 0) is 12.1 Å². The SMILES string of the molecule is COc1ccccc1N/C(=C/C(=O)c1ccccc1)C(F)(F)F. The van der Waals surface area contributed by atoms with E-state index in [4.69, 9.17) is 4.74 Å². The Morgan fingerprint density at radius 2 is 1.65 bits per heavy atom. The molecule has 3 nitrogen and oxygen atoms in total. The second kappa shape index (κ2) is 7.00. The van der Waals surface area contributed by atoms with Gasteiger partial charge in [0.25, 0.3) is 0 Å². The van der Waals surface area contributed by atoms with Crippen LogP contribution in [-0.2, 0) is 0 Å². The molecule has 0 amide bonds. The lowest BCUT2D eigenvalue weighted by atomic mass is 10.1. The molecule has 0 aliphatic heterocycles. The van der Waals surface area contributed by atoms with Crippen LogP contribution in [0.2, 0.25) is 0 Å². The minimum Gasteiger partial charge on any atom is -0.495 e. The molecular weight excluding hydrogens is 307 g/mol. The number of alkyl halides is 3. The quantitative estimate of drug-likeness (QED) is 0.654. The monoisotopic (exact) mass is 321 g/mol. The molecule has 1 N–H and O–H groups in total. The second-order valence-electron chi connectivity index (χ2n) is 4.61. The van der Waals surface area contributed by atoms with Crippen LogP contribution in [0.15, 0.2) is 66.4 Å². The first-order valence-corrected chi connectivity index (χ1v) is 6.70. The summed E-state index contributed by atoms with van der Waals surface area (Å²) >= 11 is 0. The highest BCUT2D eigenvalue weighted by Gasteiger charge is 2.35. The van der Waals surface area contributed by atoms with E-state index < -0.39 is 17.7 Å². The molecule has 0 aromatic heterocycles. The average molecular weight is 321 g/mol. The van der Waals surface area contributed by atoms with Gasteiger partial charge in [-0.15, -0.1) is 0 Å². The first-order chi connectivity index (χ1) is 10.9. The zero-order valence-corrected chi connectivity index (χ0v) is 12.2. The molecule has 0 saturated heterocycles. The molecule has 120 valence electrons. The Morgan fingerprint density at radius 3 is 2.26 bits per heavy atom. The second-order valence-corrected chi connectivity index (χ2v) is 4.61. The fourth-order valence-corrected chi connectivity index (χ4v) is 1.90. The van der Waals surface area contributed by atoms with Crippen molar-refractivity contribution in [3.63, 3.8) is 0 Å². The van der Waals surface area contributed by atoms with Gasteiger partial charge in [-0.25, -0.2) is 0 Å². The van der Waals surface area contributed by atoms with E-state index in [0.717, 1.165) is 0 Å². The number of ketones is 1. The minimum absolute atomic E-state index is 0.124. The number of anilines is 1. The van der Waals surface area contributed by atoms with Crippen molar-refractivity contribution in [2.24, 2.45) is 0 Å². The van der Waals surface area contributed by atoms with Crippen molar-refractivity contribution in [1.29, 1.82) is 0 Å². The Kier molecular flexibility index (Phi) is 5.05. The van der Waals surface area contributed by atoms with Crippen molar-refractivity contribution >= 4 is 11.5 Å². The average Bonchev–Trinajstić information content (AvgIpc) is 2.54. The fourth-order valence-electron chi connectivity index (χ4n) is 1.90. The van der Waals surface area contributed by atoms with E-state index in [1.807, 2.05) is 0 Å². The first-order valence-electron chi connectivity index (χ1n) is 6.70. The number of rotatable bonds is 5. The highest BCUT2D eigenvalue weighted by Crippen LogP contribution is 2.31. The number of halogens is 3. The maximum atomic E-state index is 13.2. The normalized spacial score (nSPS) is 11.9. The molecule has 0 aliphatic rings. The van der Waals surface area contributed by atoms with Crippen LogP contribution in [0.3, 0.4) is 0 Å². The van der Waals surface area contributed by atoms with Crippen molar-refractivity contribution in [2.45, 2.75) is 6.18 Å². The summed E-state index contributed by atoms with van der Waals surface area (Å²) < 4.78 is 44.6. The van der Waals surface area contributed by atoms with E-state index in [9.17, 15) is 18.0 Å². The maximum absolute atomic E-state index is 13.2. The van der Waals surface area contributed by atoms with Crippen molar-refractivity contribution in [1.82, 2.24) is 0 Å². The topological polar surface area (TPSA) is 38.3 Å². The smallest absolute Gasteiger partial charge is 0.431 e. The molecular formula is C17H14F3NO2. The Labute approximate surface area is 131 Å². The number of allylic oxidation sites excluding steroid dienone is 2. The Hall–Kier alpha value is -2.76. The van der Waals surface area contributed by atoms with Gasteiger partial charge in [0.15, 0.2) is 5.78 Å². The Bertz CT molecular complexity index is 709. The summed E-state index contributed by atoms with van der Waals surface area (Å²) in [6.45, 7) is 0. The van der Waals surface area contributed by atoms with Crippen molar-refractivity contribution in [2.75, 3.05) is 12.4 Å². The molecule has 0 radical (unpaired) electrons. The number of carbonyl (C=O) groups is 1. The molecule has 23 heavy (non-hydrogen) atoms. The lowest BCUT2D eigenvalue weighted by molar-refractivity contribution is -0.0903. The summed E-state index contributed by atoms with van der Waals surface area (Å²) in [5.74, 6) is -0.491. The molecule has 0 saturated carbocycles. The summed E-state index contributed by atoms with van der Waals surface area (Å²) in [4.78, 5) is 12.0. The number of methoxy groups -OCH3 is 1. The number of benzene rings is 2. The van der Waals surface area contributed by atoms with Gasteiger partial charge in [0.1, 0.15) is 11.4 Å². The standard InChI is InChI=1S/C17H14F3NO2/c1-23-15-10-6-5-9-13(15)21-16(17(18,19)20)11-14(22)12-7-3-2-4-8-12/h2-11,21H,1H3/b16-11+. The van der Waals surface area contributed by atoms with Gasteiger partial charge in [0, 0.05) is 11.6 Å². The van der Waals surface area contributed by atoms with Gasteiger partial charge in [0.2, 0.25) is 0 Å². The molecule has 0 bridgehead atoms. The number of nitrogens with one attached hydrogen (secondary N) is 1. The van der Waals surface area contributed by atoms with Gasteiger partial charge in [-0.3, -0.25) is 4.79 Å². The van der Waals surface area contributed by atoms with Crippen LogP contribution >= 0.6 is 0 Å². The Morgan fingerprint density at radius 1 is 1.04 bits per heavy atom. The summed E-state index contributed by atoms with van der Waals surface area (Å²) in [5.41, 5.74) is -0.855. The van der Waals surface area contributed by atoms with Crippen LogP contribution < -0.4 is 10.1 Å². The Balaban J connectivity index is 2.35. The van der Waals surface area contributed by atoms with Crippen LogP contribution in [0, 0.1) is 0 Å². The number of ether oxygens (including phenoxy) is 1. The summed E-state index contributed by atoms with van der Waals surface area (Å²) in [6, 6.07) is 13.9. The molecule has 0 spiro atoms. The molecule has 0 aliphatic carbocycles. The minimum atomic E-state index is -4.70. The molecule has 2 rings (SSSR count). The summed E-state index contributed by atoms with van der Waals surface area (Å²) in [7, 11) is 1.35. The highest BCUT2D eigenvalue weighted by molar-refractivity contribution is 6.05. The molecule has 0 unspecified atom stereocenters. The number of para-hydroxylation sites is 2. The zero-order chi connectivity index (χ0) is 16.9. The lowest BCUT2D eigenvalue weighted by Gasteiger charge is -2.16. The third-order valence-electron chi connectivity index (χ3n) is 3.02. The van der Waals surface area contributed by atoms with E-state index in [1.165, 1.54) is 31.4 Å². The molecule has 2 aromatic carbocycles. The zero-order valence-electron chi connectivity index (χ0n) is 12.2. The predicted molar refractivity (Wildman–Crippen MR) is 81.5 cm³/mol. The van der Waals surface area contributed by atoms with E-state index in [0.29, 0.717) is 6.08 Å². The molecule has 2 aromatic rings. The maximum Gasteiger partial charge on any atom is 0.431 e. The largest absolute Gasteiger partial charge is 0.495 e. The number of carbonyl (C=O) groups excluding carboxylic acids is 1. The van der Waals surface area contributed by atoms with Crippen LogP contribution in [0.1, 0.15) is 10.4 Å². The van der Waals surface area contributed by atoms with Gasteiger partial charge in [-0.2, -0.15) is 13.2 Å². The molecule has 0 atom stereocenters.